The van der Waals surface area contributed by atoms with Crippen LogP contribution in [0.25, 0.3) is 32.9 Å². The number of imidazole rings is 1. The molecule has 0 saturated heterocycles. The molecule has 0 aliphatic heterocycles. The number of ether oxygens (including phenoxy) is 1. The molecule has 0 spiro atoms. The Morgan fingerprint density at radius 1 is 1.00 bits per heavy atom. The van der Waals surface area contributed by atoms with E-state index in [1.165, 1.54) is 0 Å². The summed E-state index contributed by atoms with van der Waals surface area (Å²) in [5, 5.41) is 0. The summed E-state index contributed by atoms with van der Waals surface area (Å²) in [7, 11) is -4.23. The maximum Gasteiger partial charge on any atom is 0.421 e. The first-order valence-corrected chi connectivity index (χ1v) is 16.6. The van der Waals surface area contributed by atoms with Gasteiger partial charge in [0, 0.05) is 28.8 Å². The van der Waals surface area contributed by atoms with Crippen molar-refractivity contribution < 1.29 is 17.9 Å². The Morgan fingerprint density at radius 2 is 1.79 bits per heavy atom. The van der Waals surface area contributed by atoms with Gasteiger partial charge in [0.1, 0.15) is 15.6 Å². The quantitative estimate of drug-likeness (QED) is 0.168. The number of aryl methyl sites for hydroxylation is 4. The van der Waals surface area contributed by atoms with Gasteiger partial charge in [-0.2, -0.15) is 0 Å². The second-order valence-corrected chi connectivity index (χ2v) is 13.4. The van der Waals surface area contributed by atoms with Crippen molar-refractivity contribution in [3.8, 4) is 21.7 Å². The molecular formula is C32H35N5O4S2. The normalized spacial score (nSPS) is 11.7. The van der Waals surface area contributed by atoms with Crippen LogP contribution in [0.3, 0.4) is 0 Å². The zero-order chi connectivity index (χ0) is 30.7. The Bertz CT molecular complexity index is 1890. The van der Waals surface area contributed by atoms with E-state index in [-0.39, 0.29) is 10.8 Å². The van der Waals surface area contributed by atoms with E-state index in [9.17, 15) is 13.2 Å². The van der Waals surface area contributed by atoms with Gasteiger partial charge in [0.05, 0.1) is 18.8 Å². The second kappa shape index (κ2) is 12.6. The number of thiophene rings is 1. The smallest absolute Gasteiger partial charge is 0.421 e. The number of hydrogen-bond donors (Lipinski definition) is 1. The second-order valence-electron chi connectivity index (χ2n) is 10.5. The number of fused-ring (bicyclic) bond motifs is 1. The first kappa shape index (κ1) is 30.4. The van der Waals surface area contributed by atoms with Gasteiger partial charge in [0.2, 0.25) is 0 Å². The summed E-state index contributed by atoms with van der Waals surface area (Å²) in [4.78, 5) is 27.4. The Kier molecular flexibility index (Phi) is 8.93. The molecule has 0 aliphatic carbocycles. The number of pyridine rings is 2. The SMILES string of the molecule is CCCCOC(=O)NS(=O)(=O)c1sc(-c2ccccc2C)cc1-c1ccc(Cn2c(CC)nc3c(C)cc(C)nc32)cn1. The summed E-state index contributed by atoms with van der Waals surface area (Å²) in [6, 6.07) is 15.4. The number of aromatic nitrogens is 4. The third-order valence-electron chi connectivity index (χ3n) is 7.16. The fraction of sp³-hybridized carbons (Fsp3) is 0.312. The zero-order valence-corrected chi connectivity index (χ0v) is 26.6. The Hall–Kier alpha value is -4.09. The summed E-state index contributed by atoms with van der Waals surface area (Å²) >= 11 is 1.10. The molecule has 9 nitrogen and oxygen atoms in total. The molecular weight excluding hydrogens is 583 g/mol. The van der Waals surface area contributed by atoms with Crippen LogP contribution in [0.5, 0.6) is 0 Å². The van der Waals surface area contributed by atoms with Crippen molar-refractivity contribution in [1.82, 2.24) is 24.2 Å². The van der Waals surface area contributed by atoms with Gasteiger partial charge in [-0.3, -0.25) is 4.98 Å². The number of carbonyl (C=O) groups excluding carboxylic acids is 1. The molecule has 0 atom stereocenters. The van der Waals surface area contributed by atoms with E-state index < -0.39 is 16.1 Å². The predicted molar refractivity (Wildman–Crippen MR) is 170 cm³/mol. The average Bonchev–Trinajstić information content (AvgIpc) is 3.57. The van der Waals surface area contributed by atoms with Gasteiger partial charge in [0.15, 0.2) is 5.65 Å². The van der Waals surface area contributed by atoms with Crippen LogP contribution in [0.4, 0.5) is 4.79 Å². The molecule has 0 saturated carbocycles. The predicted octanol–water partition coefficient (Wildman–Crippen LogP) is 6.97. The number of amides is 1. The number of nitrogens with zero attached hydrogens (tertiary/aromatic N) is 4. The Labute approximate surface area is 256 Å². The van der Waals surface area contributed by atoms with Gasteiger partial charge in [-0.15, -0.1) is 11.3 Å². The zero-order valence-electron chi connectivity index (χ0n) is 25.0. The molecule has 0 radical (unpaired) electrons. The minimum absolute atomic E-state index is 0.00229. The number of nitrogens with one attached hydrogen (secondary N) is 1. The summed E-state index contributed by atoms with van der Waals surface area (Å²) in [5.41, 5.74) is 7.49. The molecule has 0 fully saturated rings. The molecule has 224 valence electrons. The van der Waals surface area contributed by atoms with Crippen LogP contribution >= 0.6 is 11.3 Å². The number of carbonyl (C=O) groups is 1. The van der Waals surface area contributed by atoms with Gasteiger partial charge in [-0.25, -0.2) is 27.9 Å². The van der Waals surface area contributed by atoms with Crippen LogP contribution in [-0.2, 0) is 27.7 Å². The highest BCUT2D eigenvalue weighted by Gasteiger charge is 2.27. The largest absolute Gasteiger partial charge is 0.449 e. The molecule has 4 heterocycles. The van der Waals surface area contributed by atoms with Crippen molar-refractivity contribution in [2.24, 2.45) is 0 Å². The van der Waals surface area contributed by atoms with E-state index in [4.69, 9.17) is 14.7 Å². The van der Waals surface area contributed by atoms with Crippen molar-refractivity contribution >= 4 is 38.6 Å². The molecule has 43 heavy (non-hydrogen) atoms. The maximum atomic E-state index is 13.5. The lowest BCUT2D eigenvalue weighted by Gasteiger charge is -2.10. The summed E-state index contributed by atoms with van der Waals surface area (Å²) in [5.74, 6) is 0.936. The van der Waals surface area contributed by atoms with Crippen LogP contribution in [0, 0.1) is 20.8 Å². The van der Waals surface area contributed by atoms with E-state index in [0.717, 1.165) is 74.0 Å². The number of unbranched alkanes of at least 4 members (excludes halogenated alkanes) is 1. The first-order chi connectivity index (χ1) is 20.6. The number of hydrogen-bond acceptors (Lipinski definition) is 8. The van der Waals surface area contributed by atoms with Gasteiger partial charge in [0.25, 0.3) is 10.0 Å². The minimum Gasteiger partial charge on any atom is -0.449 e. The summed E-state index contributed by atoms with van der Waals surface area (Å²) < 4.78 is 36.2. The molecule has 0 aliphatic rings. The molecule has 4 aromatic heterocycles. The van der Waals surface area contributed by atoms with E-state index in [1.54, 1.807) is 6.20 Å². The van der Waals surface area contributed by atoms with E-state index >= 15 is 0 Å². The highest BCUT2D eigenvalue weighted by Crippen LogP contribution is 2.40. The van der Waals surface area contributed by atoms with E-state index in [1.807, 2.05) is 76.2 Å². The standard InChI is InChI=1S/C32H35N5O4S2/c1-6-8-15-41-32(38)36-43(39,40)31-25(17-27(42-31)24-12-10-9-11-20(24)3)26-14-13-23(18-33-26)19-37-28(7-2)35-29-21(4)16-22(5)34-30(29)37/h9-14,16-18H,6-8,15,19H2,1-5H3,(H,36,38). The van der Waals surface area contributed by atoms with Crippen molar-refractivity contribution in [2.45, 2.75) is 64.6 Å². The number of benzene rings is 1. The third kappa shape index (κ3) is 6.47. The fourth-order valence-electron chi connectivity index (χ4n) is 4.97. The third-order valence-corrected chi connectivity index (χ3v) is 10.2. The lowest BCUT2D eigenvalue weighted by atomic mass is 10.1. The van der Waals surface area contributed by atoms with Crippen LogP contribution in [0.15, 0.2) is 58.9 Å². The van der Waals surface area contributed by atoms with Gasteiger partial charge in [-0.1, -0.05) is 50.6 Å². The number of sulfonamides is 1. The van der Waals surface area contributed by atoms with Crippen LogP contribution in [-0.4, -0.2) is 40.6 Å². The molecule has 5 aromatic rings. The molecule has 5 rings (SSSR count). The van der Waals surface area contributed by atoms with E-state index in [0.29, 0.717) is 24.2 Å². The summed E-state index contributed by atoms with van der Waals surface area (Å²) in [6.45, 7) is 10.7. The average molecular weight is 618 g/mol. The first-order valence-electron chi connectivity index (χ1n) is 14.3. The fourth-order valence-corrected chi connectivity index (χ4v) is 7.62. The van der Waals surface area contributed by atoms with Crippen LogP contribution in [0.1, 0.15) is 54.9 Å². The highest BCUT2D eigenvalue weighted by atomic mass is 32.2. The molecule has 1 aromatic carbocycles. The summed E-state index contributed by atoms with van der Waals surface area (Å²) in [6.07, 6.45) is 2.98. The minimum atomic E-state index is -4.23. The van der Waals surface area contributed by atoms with Gasteiger partial charge >= 0.3 is 6.09 Å². The Balaban J connectivity index is 1.51. The molecule has 11 heteroatoms. The van der Waals surface area contributed by atoms with Gasteiger partial charge in [-0.05, 0) is 67.6 Å². The highest BCUT2D eigenvalue weighted by molar-refractivity contribution is 7.92. The molecule has 0 bridgehead atoms. The van der Waals surface area contributed by atoms with Crippen molar-refractivity contribution in [1.29, 1.82) is 0 Å². The lowest BCUT2D eigenvalue weighted by molar-refractivity contribution is 0.151. The number of rotatable bonds is 10. The maximum absolute atomic E-state index is 13.5. The van der Waals surface area contributed by atoms with Crippen LogP contribution in [0.2, 0.25) is 0 Å². The van der Waals surface area contributed by atoms with Crippen molar-refractivity contribution in [2.75, 3.05) is 6.61 Å². The van der Waals surface area contributed by atoms with Crippen LogP contribution < -0.4 is 4.72 Å². The van der Waals surface area contributed by atoms with Crippen molar-refractivity contribution in [3.05, 3.63) is 82.9 Å². The monoisotopic (exact) mass is 617 g/mol. The molecule has 1 amide bonds. The lowest BCUT2D eigenvalue weighted by Crippen LogP contribution is -2.31. The van der Waals surface area contributed by atoms with Gasteiger partial charge < -0.3 is 9.30 Å². The molecule has 0 unspecified atom stereocenters. The Morgan fingerprint density at radius 3 is 2.49 bits per heavy atom. The van der Waals surface area contributed by atoms with E-state index in [2.05, 4.69) is 21.2 Å². The van der Waals surface area contributed by atoms with Crippen molar-refractivity contribution in [3.63, 3.8) is 0 Å². The molecule has 1 N–H and O–H groups in total. The topological polar surface area (TPSA) is 116 Å².